The molecule has 0 spiro atoms. The first-order valence-corrected chi connectivity index (χ1v) is 11.3. The Morgan fingerprint density at radius 1 is 1.19 bits per heavy atom. The van der Waals surface area contributed by atoms with Crippen LogP contribution in [0.2, 0.25) is 0 Å². The van der Waals surface area contributed by atoms with Gasteiger partial charge in [-0.05, 0) is 73.4 Å². The molecule has 2 aromatic carbocycles. The molecule has 2 aliphatic rings. The van der Waals surface area contributed by atoms with E-state index in [2.05, 4.69) is 35.3 Å². The molecule has 2 aliphatic carbocycles. The third-order valence-electron chi connectivity index (χ3n) is 6.67. The van der Waals surface area contributed by atoms with Crippen molar-refractivity contribution in [3.63, 3.8) is 0 Å². The molecule has 0 radical (unpaired) electrons. The summed E-state index contributed by atoms with van der Waals surface area (Å²) in [6.07, 6.45) is 10.0. The zero-order valence-corrected chi connectivity index (χ0v) is 18.9. The highest BCUT2D eigenvalue weighted by atomic mass is 16.5. The number of nitrogens with zero attached hydrogens (tertiary/aromatic N) is 3. The lowest BCUT2D eigenvalue weighted by Gasteiger charge is -2.27. The molecule has 5 rings (SSSR count). The van der Waals surface area contributed by atoms with Crippen LogP contribution in [0.5, 0.6) is 5.75 Å². The van der Waals surface area contributed by atoms with E-state index in [4.69, 9.17) is 4.74 Å². The minimum absolute atomic E-state index is 0.141. The minimum atomic E-state index is 0.141. The zero-order valence-electron chi connectivity index (χ0n) is 18.9. The maximum atomic E-state index is 13.6. The minimum Gasteiger partial charge on any atom is -0.495 e. The van der Waals surface area contributed by atoms with Crippen molar-refractivity contribution in [3.05, 3.63) is 82.9 Å². The molecule has 1 aromatic heterocycles. The standard InChI is InChI=1S/C27H29N3O2/c1-18-16-30(17-28-18)25-12-8-19(15-26(25)32-3)14-23(21-9-10-21)27(31)29(2)24-13-11-20-6-4-5-7-22(20)24/h4-8,12,14-17,21,24H,9-11,13H2,1-3H3/b23-14+. The summed E-state index contributed by atoms with van der Waals surface area (Å²) in [6, 6.07) is 14.7. The van der Waals surface area contributed by atoms with Crippen molar-refractivity contribution in [2.24, 2.45) is 5.92 Å². The Morgan fingerprint density at radius 3 is 2.72 bits per heavy atom. The van der Waals surface area contributed by atoms with E-state index in [9.17, 15) is 4.79 Å². The predicted molar refractivity (Wildman–Crippen MR) is 126 cm³/mol. The Balaban J connectivity index is 1.44. The van der Waals surface area contributed by atoms with Gasteiger partial charge in [-0.25, -0.2) is 4.98 Å². The number of ether oxygens (including phenoxy) is 1. The van der Waals surface area contributed by atoms with Crippen molar-refractivity contribution in [1.82, 2.24) is 14.5 Å². The van der Waals surface area contributed by atoms with Crippen molar-refractivity contribution < 1.29 is 9.53 Å². The van der Waals surface area contributed by atoms with Crippen LogP contribution in [-0.4, -0.2) is 34.5 Å². The summed E-state index contributed by atoms with van der Waals surface area (Å²) in [5.74, 6) is 1.25. The van der Waals surface area contributed by atoms with Crippen LogP contribution in [0.25, 0.3) is 11.8 Å². The highest BCUT2D eigenvalue weighted by molar-refractivity contribution is 5.99. The van der Waals surface area contributed by atoms with Gasteiger partial charge in [-0.1, -0.05) is 30.3 Å². The van der Waals surface area contributed by atoms with Gasteiger partial charge in [0.15, 0.2) is 0 Å². The van der Waals surface area contributed by atoms with Gasteiger partial charge in [0.05, 0.1) is 30.9 Å². The van der Waals surface area contributed by atoms with E-state index in [1.54, 1.807) is 13.4 Å². The molecule has 3 aromatic rings. The van der Waals surface area contributed by atoms with E-state index >= 15 is 0 Å². The monoisotopic (exact) mass is 427 g/mol. The molecule has 5 nitrogen and oxygen atoms in total. The number of benzene rings is 2. The molecule has 1 amide bonds. The number of aromatic nitrogens is 2. The molecule has 164 valence electrons. The Kier molecular flexibility index (Phi) is 5.33. The Hall–Kier alpha value is -3.34. The molecular formula is C27H29N3O2. The van der Waals surface area contributed by atoms with Crippen LogP contribution in [0.4, 0.5) is 0 Å². The number of likely N-dealkylation sites (N-methyl/N-ethyl adjacent to an activating group) is 1. The van der Waals surface area contributed by atoms with E-state index in [0.717, 1.165) is 54.0 Å². The second-order valence-corrected chi connectivity index (χ2v) is 8.90. The number of fused-ring (bicyclic) bond motifs is 1. The van der Waals surface area contributed by atoms with Crippen molar-refractivity contribution in [2.75, 3.05) is 14.2 Å². The van der Waals surface area contributed by atoms with E-state index in [-0.39, 0.29) is 11.9 Å². The number of aryl methyl sites for hydroxylation is 2. The van der Waals surface area contributed by atoms with Gasteiger partial charge in [-0.3, -0.25) is 4.79 Å². The Morgan fingerprint density at radius 2 is 2.00 bits per heavy atom. The van der Waals surface area contributed by atoms with Crippen molar-refractivity contribution in [3.8, 4) is 11.4 Å². The highest BCUT2D eigenvalue weighted by Gasteiger charge is 2.35. The molecule has 0 N–H and O–H groups in total. The Bertz CT molecular complexity index is 1190. The first-order valence-electron chi connectivity index (χ1n) is 11.3. The number of carbonyl (C=O) groups excluding carboxylic acids is 1. The number of amides is 1. The summed E-state index contributed by atoms with van der Waals surface area (Å²) >= 11 is 0. The lowest BCUT2D eigenvalue weighted by Crippen LogP contribution is -2.31. The molecule has 0 bridgehead atoms. The molecule has 0 saturated heterocycles. The van der Waals surface area contributed by atoms with Crippen LogP contribution in [0, 0.1) is 12.8 Å². The highest BCUT2D eigenvalue weighted by Crippen LogP contribution is 2.41. The first kappa shape index (κ1) is 20.6. The summed E-state index contributed by atoms with van der Waals surface area (Å²) in [6.45, 7) is 1.97. The summed E-state index contributed by atoms with van der Waals surface area (Å²) in [5.41, 5.74) is 6.44. The van der Waals surface area contributed by atoms with Gasteiger partial charge in [0.2, 0.25) is 5.91 Å². The topological polar surface area (TPSA) is 47.4 Å². The molecule has 1 atom stereocenters. The van der Waals surface area contributed by atoms with Gasteiger partial charge in [0.1, 0.15) is 5.75 Å². The van der Waals surface area contributed by atoms with Gasteiger partial charge >= 0.3 is 0 Å². The number of imidazole rings is 1. The quantitative estimate of drug-likeness (QED) is 0.513. The lowest BCUT2D eigenvalue weighted by molar-refractivity contribution is -0.128. The normalized spacial score (nSPS) is 17.8. The first-order chi connectivity index (χ1) is 15.5. The number of carbonyl (C=O) groups is 1. The Labute approximate surface area is 189 Å². The van der Waals surface area contributed by atoms with E-state index in [1.807, 2.05) is 47.8 Å². The molecule has 32 heavy (non-hydrogen) atoms. The largest absolute Gasteiger partial charge is 0.495 e. The summed E-state index contributed by atoms with van der Waals surface area (Å²) < 4.78 is 7.62. The second kappa shape index (κ2) is 8.30. The van der Waals surface area contributed by atoms with Gasteiger partial charge in [0, 0.05) is 18.8 Å². The smallest absolute Gasteiger partial charge is 0.250 e. The molecule has 1 heterocycles. The fraction of sp³-hybridized carbons (Fsp3) is 0.333. The average Bonchev–Trinajstić information content (AvgIpc) is 3.42. The summed E-state index contributed by atoms with van der Waals surface area (Å²) in [5, 5.41) is 0. The zero-order chi connectivity index (χ0) is 22.2. The van der Waals surface area contributed by atoms with Crippen LogP contribution in [-0.2, 0) is 11.2 Å². The van der Waals surface area contributed by atoms with Crippen LogP contribution >= 0.6 is 0 Å². The van der Waals surface area contributed by atoms with Crippen LogP contribution in [0.3, 0.4) is 0 Å². The van der Waals surface area contributed by atoms with Crippen LogP contribution in [0.15, 0.2) is 60.6 Å². The molecule has 5 heteroatoms. The number of hydrogen-bond donors (Lipinski definition) is 0. The predicted octanol–water partition coefficient (Wildman–Crippen LogP) is 5.13. The summed E-state index contributed by atoms with van der Waals surface area (Å²) in [7, 11) is 3.63. The average molecular weight is 428 g/mol. The van der Waals surface area contributed by atoms with Gasteiger partial charge in [-0.2, -0.15) is 0 Å². The SMILES string of the molecule is COc1cc(/C=C(/C(=O)N(C)C2CCc3ccccc32)C2CC2)ccc1-n1cnc(C)c1. The molecule has 1 unspecified atom stereocenters. The maximum Gasteiger partial charge on any atom is 0.250 e. The second-order valence-electron chi connectivity index (χ2n) is 8.90. The molecule has 0 aliphatic heterocycles. The summed E-state index contributed by atoms with van der Waals surface area (Å²) in [4.78, 5) is 19.9. The van der Waals surface area contributed by atoms with E-state index < -0.39 is 0 Å². The molecular weight excluding hydrogens is 398 g/mol. The lowest BCUT2D eigenvalue weighted by atomic mass is 10.0. The fourth-order valence-corrected chi connectivity index (χ4v) is 4.76. The maximum absolute atomic E-state index is 13.6. The van der Waals surface area contributed by atoms with Gasteiger partial charge in [0.25, 0.3) is 0 Å². The molecule has 1 saturated carbocycles. The van der Waals surface area contributed by atoms with Crippen molar-refractivity contribution in [2.45, 2.75) is 38.6 Å². The van der Waals surface area contributed by atoms with Crippen molar-refractivity contribution in [1.29, 1.82) is 0 Å². The van der Waals surface area contributed by atoms with E-state index in [1.165, 1.54) is 11.1 Å². The van der Waals surface area contributed by atoms with Gasteiger partial charge in [-0.15, -0.1) is 0 Å². The van der Waals surface area contributed by atoms with Crippen molar-refractivity contribution >= 4 is 12.0 Å². The van der Waals surface area contributed by atoms with E-state index in [0.29, 0.717) is 5.92 Å². The van der Waals surface area contributed by atoms with Crippen LogP contribution < -0.4 is 4.74 Å². The third kappa shape index (κ3) is 3.83. The third-order valence-corrected chi connectivity index (χ3v) is 6.67. The number of rotatable bonds is 6. The van der Waals surface area contributed by atoms with Crippen LogP contribution in [0.1, 0.15) is 47.7 Å². The fourth-order valence-electron chi connectivity index (χ4n) is 4.76. The van der Waals surface area contributed by atoms with Gasteiger partial charge < -0.3 is 14.2 Å². The number of hydrogen-bond acceptors (Lipinski definition) is 3. The number of methoxy groups -OCH3 is 1. The molecule has 1 fully saturated rings.